The molecule has 0 aromatic heterocycles. The van der Waals surface area contributed by atoms with E-state index in [0.29, 0.717) is 6.61 Å². The minimum atomic E-state index is 0.549. The Hall–Kier alpha value is -2.16. The van der Waals surface area contributed by atoms with Crippen molar-refractivity contribution in [2.45, 2.75) is 39.2 Å². The van der Waals surface area contributed by atoms with E-state index in [1.165, 1.54) is 19.3 Å². The van der Waals surface area contributed by atoms with Gasteiger partial charge in [0.25, 0.3) is 0 Å². The molecule has 0 amide bonds. The van der Waals surface area contributed by atoms with Crippen LogP contribution in [0.2, 0.25) is 0 Å². The van der Waals surface area contributed by atoms with Crippen LogP contribution in [0.15, 0.2) is 42.5 Å². The highest BCUT2D eigenvalue weighted by Crippen LogP contribution is 2.58. The zero-order valence-electron chi connectivity index (χ0n) is 13.0. The van der Waals surface area contributed by atoms with E-state index in [9.17, 15) is 0 Å². The number of unbranched alkanes of at least 4 members (excludes halogenated alkanes) is 3. The zero-order chi connectivity index (χ0) is 15.2. The predicted octanol–water partition coefficient (Wildman–Crippen LogP) is 5.33. The average molecular weight is 298 g/mol. The number of fused-ring (bicyclic) bond motifs is 1. The van der Waals surface area contributed by atoms with Crippen LogP contribution in [-0.4, -0.2) is 6.61 Å². The van der Waals surface area contributed by atoms with Gasteiger partial charge in [0.05, 0.1) is 6.61 Å². The Labute approximate surface area is 131 Å². The van der Waals surface area contributed by atoms with Gasteiger partial charge in [-0.2, -0.15) is 0 Å². The van der Waals surface area contributed by atoms with Gasteiger partial charge in [-0.25, -0.2) is 0 Å². The molecule has 116 valence electrons. The van der Waals surface area contributed by atoms with Gasteiger partial charge >= 0.3 is 0 Å². The lowest BCUT2D eigenvalue weighted by Crippen LogP contribution is -1.96. The van der Waals surface area contributed by atoms with E-state index >= 15 is 0 Å². The third-order valence-corrected chi connectivity index (χ3v) is 3.69. The first kappa shape index (κ1) is 14.8. The maximum atomic E-state index is 5.81. The van der Waals surface area contributed by atoms with E-state index < -0.39 is 0 Å². The standard InChI is InChI=1S/C19H22O3/c1-2-3-4-8-13-20-16-11-12-17(19-18(16)22-19)21-14-15-9-6-5-7-10-15/h5-7,9-12H,2-4,8,13-14H2,1H3. The molecular formula is C19H22O3. The van der Waals surface area contributed by atoms with E-state index in [0.717, 1.165) is 41.6 Å². The predicted molar refractivity (Wildman–Crippen MR) is 86.9 cm³/mol. The quantitative estimate of drug-likeness (QED) is 0.395. The van der Waals surface area contributed by atoms with E-state index in [4.69, 9.17) is 14.2 Å². The fraction of sp³-hybridized carbons (Fsp3) is 0.368. The third-order valence-electron chi connectivity index (χ3n) is 3.69. The SMILES string of the molecule is CCCCCCOc1ccc(OCc2ccccc2)c2c1O2. The van der Waals surface area contributed by atoms with Crippen LogP contribution >= 0.6 is 0 Å². The van der Waals surface area contributed by atoms with Gasteiger partial charge in [-0.3, -0.25) is 0 Å². The first-order valence-corrected chi connectivity index (χ1v) is 8.03. The van der Waals surface area contributed by atoms with Crippen molar-refractivity contribution in [1.29, 1.82) is 0 Å². The van der Waals surface area contributed by atoms with Crippen LogP contribution in [0, 0.1) is 0 Å². The summed E-state index contributed by atoms with van der Waals surface area (Å²) in [5, 5.41) is 0. The molecule has 0 N–H and O–H groups in total. The number of rotatable bonds is 9. The Kier molecular flexibility index (Phi) is 4.84. The van der Waals surface area contributed by atoms with Crippen molar-refractivity contribution in [2.75, 3.05) is 6.61 Å². The summed E-state index contributed by atoms with van der Waals surface area (Å²) in [4.78, 5) is 0. The molecular weight excluding hydrogens is 276 g/mol. The van der Waals surface area contributed by atoms with Crippen LogP contribution in [0.25, 0.3) is 0 Å². The summed E-state index contributed by atoms with van der Waals surface area (Å²) in [6.07, 6.45) is 4.82. The molecule has 2 aromatic rings. The smallest absolute Gasteiger partial charge is 0.216 e. The Morgan fingerprint density at radius 2 is 1.55 bits per heavy atom. The Morgan fingerprint density at radius 1 is 0.818 bits per heavy atom. The van der Waals surface area contributed by atoms with Gasteiger partial charge in [0.2, 0.25) is 11.5 Å². The van der Waals surface area contributed by atoms with Gasteiger partial charge in [0, 0.05) is 0 Å². The van der Waals surface area contributed by atoms with Crippen molar-refractivity contribution < 1.29 is 14.2 Å². The lowest BCUT2D eigenvalue weighted by molar-refractivity contribution is 0.301. The fourth-order valence-electron chi connectivity index (χ4n) is 2.38. The van der Waals surface area contributed by atoms with Gasteiger partial charge in [0.1, 0.15) is 6.61 Å². The van der Waals surface area contributed by atoms with Crippen LogP contribution in [0.5, 0.6) is 23.0 Å². The van der Waals surface area contributed by atoms with Crippen LogP contribution < -0.4 is 14.2 Å². The van der Waals surface area contributed by atoms with Crippen molar-refractivity contribution in [2.24, 2.45) is 0 Å². The van der Waals surface area contributed by atoms with Crippen LogP contribution in [-0.2, 0) is 6.61 Å². The van der Waals surface area contributed by atoms with Gasteiger partial charge in [0.15, 0.2) is 11.5 Å². The number of hydrogen-bond acceptors (Lipinski definition) is 3. The van der Waals surface area contributed by atoms with Crippen molar-refractivity contribution in [1.82, 2.24) is 0 Å². The van der Waals surface area contributed by atoms with E-state index in [2.05, 4.69) is 6.92 Å². The first-order valence-electron chi connectivity index (χ1n) is 8.03. The lowest BCUT2D eigenvalue weighted by atomic mass is 10.2. The Bertz CT molecular complexity index is 608. The zero-order valence-corrected chi connectivity index (χ0v) is 13.0. The second-order valence-corrected chi connectivity index (χ2v) is 5.51. The van der Waals surface area contributed by atoms with Crippen molar-refractivity contribution in [3.8, 4) is 23.0 Å². The second-order valence-electron chi connectivity index (χ2n) is 5.51. The first-order chi connectivity index (χ1) is 10.9. The molecule has 2 aromatic carbocycles. The summed E-state index contributed by atoms with van der Waals surface area (Å²) >= 11 is 0. The molecule has 1 heterocycles. The molecule has 1 aliphatic rings. The van der Waals surface area contributed by atoms with Gasteiger partial charge in [-0.1, -0.05) is 56.5 Å². The molecule has 22 heavy (non-hydrogen) atoms. The summed E-state index contributed by atoms with van der Waals surface area (Å²) < 4.78 is 17.1. The summed E-state index contributed by atoms with van der Waals surface area (Å²) in [7, 11) is 0. The fourth-order valence-corrected chi connectivity index (χ4v) is 2.38. The van der Waals surface area contributed by atoms with E-state index in [1.54, 1.807) is 0 Å². The molecule has 0 unspecified atom stereocenters. The van der Waals surface area contributed by atoms with Gasteiger partial charge in [-0.15, -0.1) is 0 Å². The minimum absolute atomic E-state index is 0.549. The summed E-state index contributed by atoms with van der Waals surface area (Å²) in [6.45, 7) is 3.51. The molecule has 0 fully saturated rings. The number of benzene rings is 2. The monoisotopic (exact) mass is 298 g/mol. The van der Waals surface area contributed by atoms with E-state index in [-0.39, 0.29) is 0 Å². The van der Waals surface area contributed by atoms with Gasteiger partial charge < -0.3 is 14.2 Å². The molecule has 0 saturated heterocycles. The average Bonchev–Trinajstić information content (AvgIpc) is 3.35. The summed E-state index contributed by atoms with van der Waals surface area (Å²) in [5.74, 6) is 3.28. The maximum absolute atomic E-state index is 5.81. The summed E-state index contributed by atoms with van der Waals surface area (Å²) in [5.41, 5.74) is 1.15. The molecule has 0 bridgehead atoms. The maximum Gasteiger partial charge on any atom is 0.216 e. The Balaban J connectivity index is 1.50. The normalized spacial score (nSPS) is 11.5. The number of ether oxygens (including phenoxy) is 3. The molecule has 0 saturated carbocycles. The van der Waals surface area contributed by atoms with Gasteiger partial charge in [-0.05, 0) is 24.1 Å². The molecule has 0 aliphatic carbocycles. The molecule has 3 rings (SSSR count). The van der Waals surface area contributed by atoms with Crippen LogP contribution in [0.1, 0.15) is 38.2 Å². The molecule has 0 atom stereocenters. The van der Waals surface area contributed by atoms with E-state index in [1.807, 2.05) is 42.5 Å². The van der Waals surface area contributed by atoms with Crippen molar-refractivity contribution >= 4 is 0 Å². The minimum Gasteiger partial charge on any atom is -0.490 e. The van der Waals surface area contributed by atoms with Crippen molar-refractivity contribution in [3.63, 3.8) is 0 Å². The second kappa shape index (κ2) is 7.21. The van der Waals surface area contributed by atoms with Crippen molar-refractivity contribution in [3.05, 3.63) is 48.0 Å². The lowest BCUT2D eigenvalue weighted by Gasteiger charge is -2.06. The Morgan fingerprint density at radius 3 is 2.27 bits per heavy atom. The molecule has 3 nitrogen and oxygen atoms in total. The molecule has 1 aliphatic heterocycles. The molecule has 3 heteroatoms. The topological polar surface area (TPSA) is 31.0 Å². The highest BCUT2D eigenvalue weighted by molar-refractivity contribution is 5.69. The van der Waals surface area contributed by atoms with Crippen LogP contribution in [0.3, 0.4) is 0 Å². The number of hydrogen-bond donors (Lipinski definition) is 0. The van der Waals surface area contributed by atoms with Crippen LogP contribution in [0.4, 0.5) is 0 Å². The largest absolute Gasteiger partial charge is 0.490 e. The third kappa shape index (κ3) is 3.73. The summed E-state index contributed by atoms with van der Waals surface area (Å²) in [6, 6.07) is 14.0. The highest BCUT2D eigenvalue weighted by Gasteiger charge is 2.31. The molecule has 0 spiro atoms. The molecule has 0 radical (unpaired) electrons. The highest BCUT2D eigenvalue weighted by atomic mass is 16.6.